The van der Waals surface area contributed by atoms with Crippen LogP contribution < -0.4 is 0 Å². The second kappa shape index (κ2) is 12.9. The van der Waals surface area contributed by atoms with E-state index in [-0.39, 0.29) is 0 Å². The Bertz CT molecular complexity index is 749. The Hall–Kier alpha value is -2.34. The first-order valence-corrected chi connectivity index (χ1v) is 10.1. The molecule has 3 aromatic rings. The normalized spacial score (nSPS) is 9.56. The molecule has 0 heteroatoms. The first kappa shape index (κ1) is 22.7. The van der Waals surface area contributed by atoms with E-state index in [0.717, 1.165) is 6.42 Å². The quantitative estimate of drug-likeness (QED) is 0.447. The van der Waals surface area contributed by atoms with Crippen LogP contribution in [0.5, 0.6) is 0 Å². The molecule has 0 N–H and O–H groups in total. The molecule has 0 atom stereocenters. The highest BCUT2D eigenvalue weighted by atomic mass is 14.0. The van der Waals surface area contributed by atoms with E-state index in [2.05, 4.69) is 114 Å². The van der Waals surface area contributed by atoms with Crippen molar-refractivity contribution < 1.29 is 0 Å². The van der Waals surface area contributed by atoms with E-state index < -0.39 is 0 Å². The number of hydrogen-bond acceptors (Lipinski definition) is 0. The molecule has 144 valence electrons. The second-order valence-corrected chi connectivity index (χ2v) is 7.03. The fraction of sp³-hybridized carbons (Fsp3) is 0.333. The van der Waals surface area contributed by atoms with Gasteiger partial charge in [0, 0.05) is 0 Å². The third kappa shape index (κ3) is 8.73. The maximum Gasteiger partial charge on any atom is -0.0281 e. The maximum atomic E-state index is 2.20. The van der Waals surface area contributed by atoms with Crippen LogP contribution in [-0.2, 0) is 12.8 Å². The van der Waals surface area contributed by atoms with Gasteiger partial charge in [-0.3, -0.25) is 0 Å². The molecule has 0 aliphatic rings. The van der Waals surface area contributed by atoms with Crippen LogP contribution in [0.25, 0.3) is 0 Å². The zero-order chi connectivity index (χ0) is 20.1. The van der Waals surface area contributed by atoms with Gasteiger partial charge in [0.05, 0.1) is 0 Å². The van der Waals surface area contributed by atoms with Gasteiger partial charge in [-0.2, -0.15) is 0 Å². The van der Waals surface area contributed by atoms with E-state index in [0.29, 0.717) is 0 Å². The largest absolute Gasteiger partial charge is 0.0651 e. The van der Waals surface area contributed by atoms with Gasteiger partial charge in [-0.1, -0.05) is 93.1 Å². The molecule has 0 nitrogen and oxygen atoms in total. The van der Waals surface area contributed by atoms with Gasteiger partial charge in [0.1, 0.15) is 0 Å². The second-order valence-electron chi connectivity index (χ2n) is 7.03. The Kier molecular flexibility index (Phi) is 10.9. The molecule has 0 aromatic heterocycles. The van der Waals surface area contributed by atoms with Crippen LogP contribution in [0.2, 0.25) is 0 Å². The van der Waals surface area contributed by atoms with Gasteiger partial charge in [-0.05, 0) is 73.9 Å². The van der Waals surface area contributed by atoms with Gasteiger partial charge in [0.25, 0.3) is 0 Å². The lowest BCUT2D eigenvalue weighted by atomic mass is 10.1. The fourth-order valence-corrected chi connectivity index (χ4v) is 2.84. The van der Waals surface area contributed by atoms with Crippen molar-refractivity contribution in [2.75, 3.05) is 0 Å². The minimum atomic E-state index is 1.15. The summed E-state index contributed by atoms with van der Waals surface area (Å²) in [4.78, 5) is 0. The molecule has 3 aromatic carbocycles. The van der Waals surface area contributed by atoms with Crippen molar-refractivity contribution in [1.29, 1.82) is 0 Å². The minimum absolute atomic E-state index is 1.15. The number of aryl methyl sites for hydroxylation is 5. The summed E-state index contributed by atoms with van der Waals surface area (Å²) in [6.45, 7) is 13.0. The molecule has 0 unspecified atom stereocenters. The lowest BCUT2D eigenvalue weighted by Crippen LogP contribution is -1.82. The van der Waals surface area contributed by atoms with Gasteiger partial charge in [-0.15, -0.1) is 0 Å². The first-order valence-electron chi connectivity index (χ1n) is 10.1. The summed E-state index contributed by atoms with van der Waals surface area (Å²) in [5, 5.41) is 0. The summed E-state index contributed by atoms with van der Waals surface area (Å²) in [5.74, 6) is 0. The van der Waals surface area contributed by atoms with E-state index in [1.54, 1.807) is 0 Å². The van der Waals surface area contributed by atoms with Gasteiger partial charge in [-0.25, -0.2) is 0 Å². The van der Waals surface area contributed by atoms with Crippen molar-refractivity contribution in [2.45, 2.75) is 60.8 Å². The van der Waals surface area contributed by atoms with Crippen molar-refractivity contribution in [2.24, 2.45) is 0 Å². The highest BCUT2D eigenvalue weighted by Gasteiger charge is 1.92. The van der Waals surface area contributed by atoms with E-state index >= 15 is 0 Å². The van der Waals surface area contributed by atoms with Crippen molar-refractivity contribution in [3.8, 4) is 0 Å². The van der Waals surface area contributed by atoms with Crippen LogP contribution in [-0.4, -0.2) is 0 Å². The zero-order valence-corrected chi connectivity index (χ0v) is 18.0. The third-order valence-electron chi connectivity index (χ3n) is 4.90. The smallest absolute Gasteiger partial charge is 0.0281 e. The predicted octanol–water partition coefficient (Wildman–Crippen LogP) is 7.81. The summed E-state index contributed by atoms with van der Waals surface area (Å²) in [5.41, 5.74) is 8.49. The highest BCUT2D eigenvalue weighted by molar-refractivity contribution is 5.31. The van der Waals surface area contributed by atoms with Crippen molar-refractivity contribution >= 4 is 0 Å². The van der Waals surface area contributed by atoms with Crippen molar-refractivity contribution in [3.63, 3.8) is 0 Å². The molecule has 0 saturated heterocycles. The van der Waals surface area contributed by atoms with Crippen LogP contribution in [0.15, 0.2) is 72.8 Å². The van der Waals surface area contributed by atoms with Crippen LogP contribution in [0.3, 0.4) is 0 Å². The molecule has 0 fully saturated rings. The molecule has 3 rings (SSSR count). The Morgan fingerprint density at radius 3 is 1.52 bits per heavy atom. The molecule has 0 saturated carbocycles. The topological polar surface area (TPSA) is 0 Å². The summed E-state index contributed by atoms with van der Waals surface area (Å²) >= 11 is 0. The monoisotopic (exact) mass is 360 g/mol. The van der Waals surface area contributed by atoms with E-state index in [1.807, 2.05) is 0 Å². The number of benzene rings is 3. The molecule has 0 spiro atoms. The van der Waals surface area contributed by atoms with Gasteiger partial charge in [0.15, 0.2) is 0 Å². The summed E-state index contributed by atoms with van der Waals surface area (Å²) in [6.07, 6.45) is 3.59. The fourth-order valence-electron chi connectivity index (χ4n) is 2.84. The predicted molar refractivity (Wildman–Crippen MR) is 122 cm³/mol. The SMILES string of the molecule is CCCc1ccccc1.CCc1ccccc1C.Cc1cccc(C)c1C. The number of rotatable bonds is 3. The summed E-state index contributed by atoms with van der Waals surface area (Å²) < 4.78 is 0. The van der Waals surface area contributed by atoms with Crippen LogP contribution in [0.4, 0.5) is 0 Å². The Morgan fingerprint density at radius 1 is 0.556 bits per heavy atom. The zero-order valence-electron chi connectivity index (χ0n) is 18.0. The van der Waals surface area contributed by atoms with Gasteiger partial charge >= 0.3 is 0 Å². The van der Waals surface area contributed by atoms with Crippen LogP contribution >= 0.6 is 0 Å². The van der Waals surface area contributed by atoms with Crippen LogP contribution in [0.1, 0.15) is 53.6 Å². The van der Waals surface area contributed by atoms with E-state index in [1.165, 1.54) is 46.2 Å². The molecule has 0 aliphatic heterocycles. The van der Waals surface area contributed by atoms with Crippen LogP contribution in [0, 0.1) is 27.7 Å². The molecule has 0 amide bonds. The average Bonchev–Trinajstić information content (AvgIpc) is 2.69. The molecule has 0 radical (unpaired) electrons. The summed E-state index contributed by atoms with van der Waals surface area (Å²) in [6, 6.07) is 25.4. The lowest BCUT2D eigenvalue weighted by Gasteiger charge is -2.00. The van der Waals surface area contributed by atoms with Crippen molar-refractivity contribution in [1.82, 2.24) is 0 Å². The molecule has 0 bridgehead atoms. The third-order valence-corrected chi connectivity index (χ3v) is 4.90. The molecule has 27 heavy (non-hydrogen) atoms. The molecule has 0 heterocycles. The minimum Gasteiger partial charge on any atom is -0.0651 e. The Balaban J connectivity index is 0.000000202. The highest BCUT2D eigenvalue weighted by Crippen LogP contribution is 2.10. The standard InChI is InChI=1S/3C9H12/c1-7-5-4-6-8(2)9(7)3;1-3-9-7-5-4-6-8(9)2;1-2-6-9-7-4-3-5-8-9/h4-6H,1-3H3;4-7H,3H2,1-2H3;3-5,7-8H,2,6H2,1H3. The van der Waals surface area contributed by atoms with E-state index in [9.17, 15) is 0 Å². The Morgan fingerprint density at radius 2 is 1.07 bits per heavy atom. The molecular formula is C27H36. The average molecular weight is 361 g/mol. The number of hydrogen-bond donors (Lipinski definition) is 0. The lowest BCUT2D eigenvalue weighted by molar-refractivity contribution is 0.922. The van der Waals surface area contributed by atoms with E-state index in [4.69, 9.17) is 0 Å². The summed E-state index contributed by atoms with van der Waals surface area (Å²) in [7, 11) is 0. The van der Waals surface area contributed by atoms with Gasteiger partial charge < -0.3 is 0 Å². The molecule has 0 aliphatic carbocycles. The molecular weight excluding hydrogens is 324 g/mol. The van der Waals surface area contributed by atoms with Crippen molar-refractivity contribution in [3.05, 3.63) is 106 Å². The maximum absolute atomic E-state index is 2.20. The Labute approximate surface area is 167 Å². The van der Waals surface area contributed by atoms with Gasteiger partial charge in [0.2, 0.25) is 0 Å². The first-order chi connectivity index (χ1) is 13.0.